The molecule has 24 heavy (non-hydrogen) atoms. The predicted molar refractivity (Wildman–Crippen MR) is 97.1 cm³/mol. The van der Waals surface area contributed by atoms with E-state index in [-0.39, 0.29) is 12.0 Å². The maximum Gasteiger partial charge on any atom is 0.255 e. The third-order valence-corrected chi connectivity index (χ3v) is 3.94. The second-order valence-electron chi connectivity index (χ2n) is 5.81. The number of ether oxygens (including phenoxy) is 2. The highest BCUT2D eigenvalue weighted by Crippen LogP contribution is 2.31. The van der Waals surface area contributed by atoms with Gasteiger partial charge in [0.05, 0.1) is 25.5 Å². The SMILES string of the molecule is COc1cc(Cl)c(C)cc1NC(=O)c1ccc(COC(C)C)cc1. The standard InChI is InChI=1S/C19H22ClNO3/c1-12(2)24-11-14-5-7-15(8-6-14)19(22)21-17-9-13(3)16(20)10-18(17)23-4/h5-10,12H,11H2,1-4H3,(H,21,22). The summed E-state index contributed by atoms with van der Waals surface area (Å²) in [5, 5.41) is 3.46. The van der Waals surface area contributed by atoms with Gasteiger partial charge >= 0.3 is 0 Å². The lowest BCUT2D eigenvalue weighted by molar-refractivity contribution is 0.0657. The fourth-order valence-corrected chi connectivity index (χ4v) is 2.29. The van der Waals surface area contributed by atoms with Crippen LogP contribution < -0.4 is 10.1 Å². The van der Waals surface area contributed by atoms with Gasteiger partial charge in [0.15, 0.2) is 0 Å². The average molecular weight is 348 g/mol. The van der Waals surface area contributed by atoms with Crippen molar-refractivity contribution >= 4 is 23.2 Å². The Kier molecular flexibility index (Phi) is 6.23. The molecule has 0 heterocycles. The molecule has 1 amide bonds. The number of nitrogens with one attached hydrogen (secondary N) is 1. The van der Waals surface area contributed by atoms with Crippen LogP contribution in [0.1, 0.15) is 35.3 Å². The molecule has 0 aliphatic heterocycles. The number of aryl methyl sites for hydroxylation is 1. The van der Waals surface area contributed by atoms with Crippen molar-refractivity contribution in [3.05, 3.63) is 58.1 Å². The number of benzene rings is 2. The first-order valence-electron chi connectivity index (χ1n) is 7.76. The van der Waals surface area contributed by atoms with Gasteiger partial charge < -0.3 is 14.8 Å². The van der Waals surface area contributed by atoms with Crippen LogP contribution in [0.3, 0.4) is 0 Å². The summed E-state index contributed by atoms with van der Waals surface area (Å²) in [4.78, 5) is 12.4. The molecule has 2 aromatic carbocycles. The number of hydrogen-bond acceptors (Lipinski definition) is 3. The monoisotopic (exact) mass is 347 g/mol. The number of methoxy groups -OCH3 is 1. The second-order valence-corrected chi connectivity index (χ2v) is 6.22. The van der Waals surface area contributed by atoms with Gasteiger partial charge in [0.2, 0.25) is 0 Å². The Balaban J connectivity index is 2.11. The highest BCUT2D eigenvalue weighted by molar-refractivity contribution is 6.31. The number of amides is 1. The normalized spacial score (nSPS) is 10.8. The topological polar surface area (TPSA) is 47.6 Å². The van der Waals surface area contributed by atoms with Crippen molar-refractivity contribution in [2.75, 3.05) is 12.4 Å². The van der Waals surface area contributed by atoms with E-state index in [0.29, 0.717) is 28.6 Å². The lowest BCUT2D eigenvalue weighted by Crippen LogP contribution is -2.13. The summed E-state index contributed by atoms with van der Waals surface area (Å²) in [6.45, 7) is 6.39. The summed E-state index contributed by atoms with van der Waals surface area (Å²) in [5.74, 6) is 0.326. The zero-order chi connectivity index (χ0) is 17.7. The van der Waals surface area contributed by atoms with Crippen LogP contribution >= 0.6 is 11.6 Å². The van der Waals surface area contributed by atoms with Crippen LogP contribution in [0.2, 0.25) is 5.02 Å². The van der Waals surface area contributed by atoms with Gasteiger partial charge in [-0.2, -0.15) is 0 Å². The molecule has 1 N–H and O–H groups in total. The minimum Gasteiger partial charge on any atom is -0.495 e. The van der Waals surface area contributed by atoms with Gasteiger partial charge in [-0.3, -0.25) is 4.79 Å². The fourth-order valence-electron chi connectivity index (χ4n) is 2.14. The third kappa shape index (κ3) is 4.73. The molecular weight excluding hydrogens is 326 g/mol. The number of rotatable bonds is 6. The molecule has 0 aliphatic rings. The van der Waals surface area contributed by atoms with Gasteiger partial charge in [-0.1, -0.05) is 23.7 Å². The van der Waals surface area contributed by atoms with Crippen molar-refractivity contribution in [2.24, 2.45) is 0 Å². The fraction of sp³-hybridized carbons (Fsp3) is 0.316. The molecule has 128 valence electrons. The van der Waals surface area contributed by atoms with Crippen molar-refractivity contribution in [2.45, 2.75) is 33.5 Å². The lowest BCUT2D eigenvalue weighted by atomic mass is 10.1. The highest BCUT2D eigenvalue weighted by atomic mass is 35.5. The van der Waals surface area contributed by atoms with Crippen LogP contribution in [0.5, 0.6) is 5.75 Å². The van der Waals surface area contributed by atoms with Crippen LogP contribution in [-0.4, -0.2) is 19.1 Å². The van der Waals surface area contributed by atoms with E-state index in [1.807, 2.05) is 32.9 Å². The number of carbonyl (C=O) groups excluding carboxylic acids is 1. The second kappa shape index (κ2) is 8.18. The summed E-state index contributed by atoms with van der Waals surface area (Å²) in [6.07, 6.45) is 0.175. The highest BCUT2D eigenvalue weighted by Gasteiger charge is 2.12. The first kappa shape index (κ1) is 18.3. The molecule has 0 saturated carbocycles. The smallest absolute Gasteiger partial charge is 0.255 e. The molecule has 0 unspecified atom stereocenters. The Morgan fingerprint density at radius 3 is 2.46 bits per heavy atom. The summed E-state index contributed by atoms with van der Waals surface area (Å²) in [5.41, 5.74) is 3.06. The molecule has 0 fully saturated rings. The summed E-state index contributed by atoms with van der Waals surface area (Å²) in [7, 11) is 1.54. The minimum absolute atomic E-state index is 0.175. The third-order valence-electron chi connectivity index (χ3n) is 3.53. The molecular formula is C19H22ClNO3. The molecule has 0 atom stereocenters. The average Bonchev–Trinajstić information content (AvgIpc) is 2.56. The Labute approximate surface area is 147 Å². The first-order chi connectivity index (χ1) is 11.4. The maximum absolute atomic E-state index is 12.4. The summed E-state index contributed by atoms with van der Waals surface area (Å²) < 4.78 is 10.8. The van der Waals surface area contributed by atoms with Crippen molar-refractivity contribution in [1.82, 2.24) is 0 Å². The summed E-state index contributed by atoms with van der Waals surface area (Å²) >= 11 is 6.08. The number of hydrogen-bond donors (Lipinski definition) is 1. The lowest BCUT2D eigenvalue weighted by Gasteiger charge is -2.13. The van der Waals surface area contributed by atoms with Gasteiger partial charge in [-0.15, -0.1) is 0 Å². The van der Waals surface area contributed by atoms with Crippen molar-refractivity contribution < 1.29 is 14.3 Å². The van der Waals surface area contributed by atoms with E-state index in [2.05, 4.69) is 5.32 Å². The zero-order valence-electron chi connectivity index (χ0n) is 14.4. The molecule has 0 aromatic heterocycles. The Hall–Kier alpha value is -2.04. The Morgan fingerprint density at radius 2 is 1.88 bits per heavy atom. The quantitative estimate of drug-likeness (QED) is 0.813. The molecule has 5 heteroatoms. The van der Waals surface area contributed by atoms with Crippen LogP contribution in [0, 0.1) is 6.92 Å². The molecule has 0 spiro atoms. The molecule has 2 rings (SSSR count). The van der Waals surface area contributed by atoms with Crippen molar-refractivity contribution in [3.63, 3.8) is 0 Å². The molecule has 0 radical (unpaired) electrons. The van der Waals surface area contributed by atoms with Gasteiger partial charge in [0.25, 0.3) is 5.91 Å². The minimum atomic E-state index is -0.202. The van der Waals surface area contributed by atoms with E-state index in [4.69, 9.17) is 21.1 Å². The van der Waals surface area contributed by atoms with E-state index < -0.39 is 0 Å². The summed E-state index contributed by atoms with van der Waals surface area (Å²) in [6, 6.07) is 10.8. The van der Waals surface area contributed by atoms with E-state index in [0.717, 1.165) is 11.1 Å². The number of carbonyl (C=O) groups is 1. The van der Waals surface area contributed by atoms with Gasteiger partial charge in [0.1, 0.15) is 5.75 Å². The Bertz CT molecular complexity index is 711. The first-order valence-corrected chi connectivity index (χ1v) is 8.14. The van der Waals surface area contributed by atoms with Crippen LogP contribution in [0.25, 0.3) is 0 Å². The zero-order valence-corrected chi connectivity index (χ0v) is 15.1. The predicted octanol–water partition coefficient (Wildman–Crippen LogP) is 4.83. The maximum atomic E-state index is 12.4. The van der Waals surface area contributed by atoms with Gasteiger partial charge in [-0.25, -0.2) is 0 Å². The van der Waals surface area contributed by atoms with E-state index in [1.165, 1.54) is 0 Å². The molecule has 0 aliphatic carbocycles. The largest absolute Gasteiger partial charge is 0.495 e. The molecule has 4 nitrogen and oxygen atoms in total. The van der Waals surface area contributed by atoms with E-state index in [9.17, 15) is 4.79 Å². The van der Waals surface area contributed by atoms with Crippen molar-refractivity contribution in [1.29, 1.82) is 0 Å². The van der Waals surface area contributed by atoms with E-state index in [1.54, 1.807) is 31.4 Å². The Morgan fingerprint density at radius 1 is 1.21 bits per heavy atom. The van der Waals surface area contributed by atoms with Crippen LogP contribution in [0.15, 0.2) is 36.4 Å². The van der Waals surface area contributed by atoms with Gasteiger partial charge in [-0.05, 0) is 50.1 Å². The molecule has 2 aromatic rings. The number of anilines is 1. The van der Waals surface area contributed by atoms with Crippen LogP contribution in [0.4, 0.5) is 5.69 Å². The van der Waals surface area contributed by atoms with Crippen LogP contribution in [-0.2, 0) is 11.3 Å². The molecule has 0 bridgehead atoms. The van der Waals surface area contributed by atoms with Gasteiger partial charge in [0, 0.05) is 16.7 Å². The van der Waals surface area contributed by atoms with E-state index >= 15 is 0 Å². The number of halogens is 1. The molecule has 0 saturated heterocycles. The van der Waals surface area contributed by atoms with Crippen molar-refractivity contribution in [3.8, 4) is 5.75 Å².